The monoisotopic (exact) mass is 280 g/mol. The van der Waals surface area contributed by atoms with E-state index >= 15 is 0 Å². The molecule has 0 saturated heterocycles. The van der Waals surface area contributed by atoms with Crippen molar-refractivity contribution in [2.45, 2.75) is 19.9 Å². The van der Waals surface area contributed by atoms with E-state index < -0.39 is 0 Å². The summed E-state index contributed by atoms with van der Waals surface area (Å²) in [5.74, 6) is 0.110. The Hall–Kier alpha value is -1.52. The van der Waals surface area contributed by atoms with E-state index in [0.29, 0.717) is 22.9 Å². The molecule has 2 aromatic rings. The molecule has 0 spiro atoms. The Labute approximate surface area is 117 Å². The minimum Gasteiger partial charge on any atom is -0.449 e. The largest absolute Gasteiger partial charge is 0.449 e. The Bertz CT molecular complexity index is 607. The van der Waals surface area contributed by atoms with Crippen LogP contribution in [0.25, 0.3) is 11.0 Å². The second kappa shape index (κ2) is 5.63. The number of hydrogen-bond acceptors (Lipinski definition) is 3. The van der Waals surface area contributed by atoms with Crippen molar-refractivity contribution in [2.75, 3.05) is 13.6 Å². The highest BCUT2D eigenvalue weighted by Crippen LogP contribution is 2.30. The molecule has 1 atom stereocenters. The van der Waals surface area contributed by atoms with Gasteiger partial charge in [0.2, 0.25) is 0 Å². The predicted octanol–water partition coefficient (Wildman–Crippen LogP) is 2.73. The number of amides is 1. The van der Waals surface area contributed by atoms with Gasteiger partial charge >= 0.3 is 0 Å². The maximum atomic E-state index is 12.1. The normalized spacial score (nSPS) is 12.6. The summed E-state index contributed by atoms with van der Waals surface area (Å²) >= 11 is 6.06. The zero-order chi connectivity index (χ0) is 14.0. The van der Waals surface area contributed by atoms with Crippen molar-refractivity contribution in [1.82, 2.24) is 10.6 Å². The van der Waals surface area contributed by atoms with Gasteiger partial charge in [0, 0.05) is 23.5 Å². The van der Waals surface area contributed by atoms with Gasteiger partial charge in [0.05, 0.1) is 5.02 Å². The van der Waals surface area contributed by atoms with Gasteiger partial charge < -0.3 is 15.1 Å². The summed E-state index contributed by atoms with van der Waals surface area (Å²) in [4.78, 5) is 12.1. The summed E-state index contributed by atoms with van der Waals surface area (Å²) in [6.45, 7) is 4.39. The zero-order valence-corrected chi connectivity index (χ0v) is 12.0. The minimum atomic E-state index is -0.216. The van der Waals surface area contributed by atoms with Crippen molar-refractivity contribution in [3.8, 4) is 0 Å². The lowest BCUT2D eigenvalue weighted by atomic mass is 10.1. The van der Waals surface area contributed by atoms with Crippen LogP contribution in [0.1, 0.15) is 23.0 Å². The molecule has 1 unspecified atom stereocenters. The summed E-state index contributed by atoms with van der Waals surface area (Å²) < 4.78 is 5.59. The molecule has 19 heavy (non-hydrogen) atoms. The number of hydrogen-bond donors (Lipinski definition) is 2. The Morgan fingerprint density at radius 3 is 2.84 bits per heavy atom. The van der Waals surface area contributed by atoms with Gasteiger partial charge in [-0.2, -0.15) is 0 Å². The topological polar surface area (TPSA) is 54.3 Å². The molecule has 1 heterocycles. The van der Waals surface area contributed by atoms with Crippen molar-refractivity contribution in [2.24, 2.45) is 0 Å². The quantitative estimate of drug-likeness (QED) is 0.905. The maximum Gasteiger partial charge on any atom is 0.287 e. The fourth-order valence-corrected chi connectivity index (χ4v) is 2.07. The standard InChI is InChI=1S/C14H17ClN2O2/c1-8(16-3)7-17-14(18)12-9(2)10-5-4-6-11(15)13(10)19-12/h4-6,8,16H,7H2,1-3H3,(H,17,18). The molecule has 0 radical (unpaired) electrons. The first-order valence-electron chi connectivity index (χ1n) is 6.17. The second-order valence-electron chi connectivity index (χ2n) is 4.57. The van der Waals surface area contributed by atoms with Crippen LogP contribution in [-0.2, 0) is 0 Å². The van der Waals surface area contributed by atoms with E-state index in [1.165, 1.54) is 0 Å². The van der Waals surface area contributed by atoms with E-state index in [-0.39, 0.29) is 11.9 Å². The van der Waals surface area contributed by atoms with Crippen LogP contribution in [0.5, 0.6) is 0 Å². The minimum absolute atomic E-state index is 0.206. The molecule has 102 valence electrons. The fraction of sp³-hybridized carbons (Fsp3) is 0.357. The van der Waals surface area contributed by atoms with Crippen LogP contribution in [0.3, 0.4) is 0 Å². The molecule has 4 nitrogen and oxygen atoms in total. The molecule has 0 fully saturated rings. The van der Waals surface area contributed by atoms with E-state index in [0.717, 1.165) is 10.9 Å². The molecule has 0 saturated carbocycles. The lowest BCUT2D eigenvalue weighted by Gasteiger charge is -2.10. The van der Waals surface area contributed by atoms with Gasteiger partial charge in [-0.3, -0.25) is 4.79 Å². The highest BCUT2D eigenvalue weighted by molar-refractivity contribution is 6.35. The van der Waals surface area contributed by atoms with Gasteiger partial charge in [-0.25, -0.2) is 0 Å². The number of halogens is 1. The third kappa shape index (κ3) is 2.74. The number of para-hydroxylation sites is 1. The predicted molar refractivity (Wildman–Crippen MR) is 76.8 cm³/mol. The molecule has 0 aliphatic carbocycles. The number of fused-ring (bicyclic) bond motifs is 1. The van der Waals surface area contributed by atoms with Gasteiger partial charge in [-0.05, 0) is 27.0 Å². The van der Waals surface area contributed by atoms with E-state index in [4.69, 9.17) is 16.0 Å². The van der Waals surface area contributed by atoms with Gasteiger partial charge in [0.1, 0.15) is 0 Å². The average Bonchev–Trinajstić information content (AvgIpc) is 2.75. The number of furan rings is 1. The summed E-state index contributed by atoms with van der Waals surface area (Å²) in [6, 6.07) is 5.69. The van der Waals surface area contributed by atoms with Gasteiger partial charge in [0.15, 0.2) is 11.3 Å². The van der Waals surface area contributed by atoms with E-state index in [2.05, 4.69) is 10.6 Å². The highest BCUT2D eigenvalue weighted by Gasteiger charge is 2.18. The van der Waals surface area contributed by atoms with Crippen LogP contribution in [0, 0.1) is 6.92 Å². The highest BCUT2D eigenvalue weighted by atomic mass is 35.5. The maximum absolute atomic E-state index is 12.1. The van der Waals surface area contributed by atoms with E-state index in [1.54, 1.807) is 6.07 Å². The summed E-state index contributed by atoms with van der Waals surface area (Å²) in [5, 5.41) is 7.28. The molecule has 1 aromatic heterocycles. The molecule has 0 aliphatic heterocycles. The number of benzene rings is 1. The number of nitrogens with one attached hydrogen (secondary N) is 2. The van der Waals surface area contributed by atoms with Crippen molar-refractivity contribution < 1.29 is 9.21 Å². The van der Waals surface area contributed by atoms with Crippen LogP contribution < -0.4 is 10.6 Å². The van der Waals surface area contributed by atoms with E-state index in [1.807, 2.05) is 33.0 Å². The third-order valence-electron chi connectivity index (χ3n) is 3.18. The number of likely N-dealkylation sites (N-methyl/N-ethyl adjacent to an activating group) is 1. The van der Waals surface area contributed by atoms with Gasteiger partial charge in [-0.15, -0.1) is 0 Å². The van der Waals surface area contributed by atoms with Crippen molar-refractivity contribution in [3.05, 3.63) is 34.5 Å². The Kier molecular flexibility index (Phi) is 4.12. The first kappa shape index (κ1) is 13.9. The number of aryl methyl sites for hydroxylation is 1. The number of carbonyl (C=O) groups is 1. The Balaban J connectivity index is 2.28. The molecular weight excluding hydrogens is 264 g/mol. The van der Waals surface area contributed by atoms with Crippen LogP contribution in [-0.4, -0.2) is 25.5 Å². The summed E-state index contributed by atoms with van der Waals surface area (Å²) in [5.41, 5.74) is 1.38. The fourth-order valence-electron chi connectivity index (χ4n) is 1.85. The average molecular weight is 281 g/mol. The van der Waals surface area contributed by atoms with Gasteiger partial charge in [-0.1, -0.05) is 23.7 Å². The van der Waals surface area contributed by atoms with Crippen molar-refractivity contribution >= 4 is 28.5 Å². The number of rotatable bonds is 4. The molecule has 2 N–H and O–H groups in total. The first-order valence-corrected chi connectivity index (χ1v) is 6.55. The van der Waals surface area contributed by atoms with Crippen LogP contribution in [0.2, 0.25) is 5.02 Å². The molecule has 1 amide bonds. The summed E-state index contributed by atoms with van der Waals surface area (Å²) in [7, 11) is 1.85. The SMILES string of the molecule is CNC(C)CNC(=O)c1oc2c(Cl)cccc2c1C. The van der Waals surface area contributed by atoms with Crippen LogP contribution >= 0.6 is 11.6 Å². The molecule has 5 heteroatoms. The summed E-state index contributed by atoms with van der Waals surface area (Å²) in [6.07, 6.45) is 0. The van der Waals surface area contributed by atoms with Gasteiger partial charge in [0.25, 0.3) is 5.91 Å². The molecule has 1 aromatic carbocycles. The van der Waals surface area contributed by atoms with Crippen LogP contribution in [0.15, 0.2) is 22.6 Å². The first-order chi connectivity index (χ1) is 9.04. The smallest absolute Gasteiger partial charge is 0.287 e. The van der Waals surface area contributed by atoms with E-state index in [9.17, 15) is 4.79 Å². The Morgan fingerprint density at radius 1 is 1.47 bits per heavy atom. The van der Waals surface area contributed by atoms with Crippen molar-refractivity contribution in [3.63, 3.8) is 0 Å². The molecule has 0 aliphatic rings. The lowest BCUT2D eigenvalue weighted by molar-refractivity contribution is 0.0924. The molecule has 0 bridgehead atoms. The number of carbonyl (C=O) groups excluding carboxylic acids is 1. The molecular formula is C14H17ClN2O2. The lowest BCUT2D eigenvalue weighted by Crippen LogP contribution is -2.37. The van der Waals surface area contributed by atoms with Crippen LogP contribution in [0.4, 0.5) is 0 Å². The zero-order valence-electron chi connectivity index (χ0n) is 11.2. The Morgan fingerprint density at radius 2 is 2.21 bits per heavy atom. The molecule has 2 rings (SSSR count). The third-order valence-corrected chi connectivity index (χ3v) is 3.48. The van der Waals surface area contributed by atoms with Crippen molar-refractivity contribution in [1.29, 1.82) is 0 Å². The second-order valence-corrected chi connectivity index (χ2v) is 4.98.